The first kappa shape index (κ1) is 12.2. The highest BCUT2D eigenvalue weighted by Gasteiger charge is 2.18. The van der Waals surface area contributed by atoms with Crippen molar-refractivity contribution < 1.29 is 13.2 Å². The van der Waals surface area contributed by atoms with Gasteiger partial charge in [-0.25, -0.2) is 8.42 Å². The Balaban J connectivity index is 3.64. The van der Waals surface area contributed by atoms with Crippen molar-refractivity contribution in [3.63, 3.8) is 0 Å². The molecule has 0 aliphatic carbocycles. The topological polar surface area (TPSA) is 75.0 Å². The second kappa shape index (κ2) is 4.31. The predicted octanol–water partition coefficient (Wildman–Crippen LogP) is 2.06. The molecule has 78 valence electrons. The van der Waals surface area contributed by atoms with Crippen LogP contribution in [0.2, 0.25) is 0 Å². The zero-order valence-electron chi connectivity index (χ0n) is 7.07. The number of aldehydes is 1. The van der Waals surface area contributed by atoms with E-state index in [0.29, 0.717) is 6.29 Å². The smallest absolute Gasteiger partial charge is 0.262 e. The van der Waals surface area contributed by atoms with Crippen LogP contribution in [0.15, 0.2) is 21.5 Å². The molecule has 0 aliphatic heterocycles. The minimum absolute atomic E-state index is 0.157. The third kappa shape index (κ3) is 2.56. The number of hydrogen-bond donors (Lipinski definition) is 0. The first-order chi connectivity index (χ1) is 6.90. The van der Waals surface area contributed by atoms with Gasteiger partial charge in [-0.2, -0.15) is 5.26 Å². The Labute approximate surface area is 99.0 Å². The maximum Gasteiger partial charge on any atom is 0.262 e. The summed E-state index contributed by atoms with van der Waals surface area (Å²) in [5.41, 5.74) is 0.0333. The van der Waals surface area contributed by atoms with Crippen molar-refractivity contribution in [2.24, 2.45) is 0 Å². The van der Waals surface area contributed by atoms with Crippen LogP contribution in [0.4, 0.5) is 0 Å². The molecule has 0 unspecified atom stereocenters. The molecular formula is C8H3BrClNO3S. The lowest BCUT2D eigenvalue weighted by atomic mass is 10.1. The molecule has 4 nitrogen and oxygen atoms in total. The number of carbonyl (C=O) groups is 1. The zero-order chi connectivity index (χ0) is 11.6. The molecule has 0 heterocycles. The van der Waals surface area contributed by atoms with Gasteiger partial charge in [0.2, 0.25) is 0 Å². The summed E-state index contributed by atoms with van der Waals surface area (Å²) in [4.78, 5) is 10.2. The number of hydrogen-bond acceptors (Lipinski definition) is 4. The molecule has 0 fully saturated rings. The van der Waals surface area contributed by atoms with Crippen LogP contribution in [0.25, 0.3) is 0 Å². The third-order valence-electron chi connectivity index (χ3n) is 1.61. The molecule has 1 aromatic rings. The summed E-state index contributed by atoms with van der Waals surface area (Å²) >= 11 is 3.00. The van der Waals surface area contributed by atoms with Gasteiger partial charge >= 0.3 is 0 Å². The first-order valence-corrected chi connectivity index (χ1v) is 6.64. The van der Waals surface area contributed by atoms with E-state index in [1.165, 1.54) is 0 Å². The number of carbonyl (C=O) groups excluding carboxylic acids is 1. The molecule has 0 amide bonds. The Bertz CT molecular complexity index is 562. The molecule has 0 atom stereocenters. The van der Waals surface area contributed by atoms with Gasteiger partial charge in [0.15, 0.2) is 6.29 Å². The third-order valence-corrected chi connectivity index (χ3v) is 3.66. The van der Waals surface area contributed by atoms with Crippen LogP contribution < -0.4 is 0 Å². The lowest BCUT2D eigenvalue weighted by Gasteiger charge is -2.02. The standard InChI is InChI=1S/C8H3BrClNO3S/c9-7-2-8(15(10,13)14)5(3-11)1-6(7)4-12/h1-2,4H. The fourth-order valence-corrected chi connectivity index (χ4v) is 2.55. The summed E-state index contributed by atoms with van der Waals surface area (Å²) in [6, 6.07) is 3.95. The molecule has 1 aromatic carbocycles. The Morgan fingerprint density at radius 2 is 2.07 bits per heavy atom. The van der Waals surface area contributed by atoms with E-state index in [-0.39, 0.29) is 20.5 Å². The molecule has 0 bridgehead atoms. The van der Waals surface area contributed by atoms with Gasteiger partial charge in [0.25, 0.3) is 9.05 Å². The van der Waals surface area contributed by atoms with Crippen molar-refractivity contribution >= 4 is 41.9 Å². The number of halogens is 2. The molecule has 15 heavy (non-hydrogen) atoms. The summed E-state index contributed by atoms with van der Waals surface area (Å²) in [7, 11) is 1.13. The van der Waals surface area contributed by atoms with Gasteiger partial charge in [-0.1, -0.05) is 15.9 Å². The van der Waals surface area contributed by atoms with Crippen molar-refractivity contribution in [1.82, 2.24) is 0 Å². The van der Waals surface area contributed by atoms with E-state index in [4.69, 9.17) is 15.9 Å². The van der Waals surface area contributed by atoms with E-state index in [0.717, 1.165) is 12.1 Å². The zero-order valence-corrected chi connectivity index (χ0v) is 10.2. The molecule has 0 saturated heterocycles. The van der Waals surface area contributed by atoms with Crippen molar-refractivity contribution in [2.75, 3.05) is 0 Å². The predicted molar refractivity (Wildman–Crippen MR) is 57.3 cm³/mol. The normalized spacial score (nSPS) is 10.7. The van der Waals surface area contributed by atoms with Crippen LogP contribution in [-0.4, -0.2) is 14.7 Å². The largest absolute Gasteiger partial charge is 0.298 e. The number of rotatable bonds is 2. The molecule has 0 aliphatic rings. The molecule has 1 rings (SSSR count). The first-order valence-electron chi connectivity index (χ1n) is 3.53. The Hall–Kier alpha value is -0.900. The Morgan fingerprint density at radius 1 is 1.47 bits per heavy atom. The highest BCUT2D eigenvalue weighted by molar-refractivity contribution is 9.10. The van der Waals surface area contributed by atoms with E-state index in [9.17, 15) is 13.2 Å². The van der Waals surface area contributed by atoms with Crippen molar-refractivity contribution in [3.8, 4) is 6.07 Å². The molecule has 0 spiro atoms. The van der Waals surface area contributed by atoms with E-state index in [1.807, 2.05) is 0 Å². The fraction of sp³-hybridized carbons (Fsp3) is 0. The van der Waals surface area contributed by atoms with Gasteiger partial charge in [0.1, 0.15) is 11.0 Å². The number of nitrogens with zero attached hydrogens (tertiary/aromatic N) is 1. The lowest BCUT2D eigenvalue weighted by molar-refractivity contribution is 0.112. The maximum absolute atomic E-state index is 11.1. The number of benzene rings is 1. The van der Waals surface area contributed by atoms with Crippen molar-refractivity contribution in [1.29, 1.82) is 5.26 Å². The van der Waals surface area contributed by atoms with Crippen LogP contribution in [0, 0.1) is 11.3 Å². The van der Waals surface area contributed by atoms with Gasteiger partial charge in [-0.05, 0) is 12.1 Å². The Morgan fingerprint density at radius 3 is 2.47 bits per heavy atom. The summed E-state index contributed by atoms with van der Waals surface area (Å²) < 4.78 is 22.4. The Kier molecular flexibility index (Phi) is 3.50. The van der Waals surface area contributed by atoms with E-state index >= 15 is 0 Å². The highest BCUT2D eigenvalue weighted by atomic mass is 79.9. The highest BCUT2D eigenvalue weighted by Crippen LogP contribution is 2.26. The van der Waals surface area contributed by atoms with E-state index < -0.39 is 9.05 Å². The van der Waals surface area contributed by atoms with Gasteiger partial charge < -0.3 is 0 Å². The van der Waals surface area contributed by atoms with Crippen LogP contribution in [0.3, 0.4) is 0 Å². The summed E-state index contributed by atoms with van der Waals surface area (Å²) in [6.07, 6.45) is 0.509. The van der Waals surface area contributed by atoms with Crippen LogP contribution in [0.5, 0.6) is 0 Å². The molecular weight excluding hydrogens is 306 g/mol. The second-order valence-electron chi connectivity index (χ2n) is 2.54. The SMILES string of the molecule is N#Cc1cc(C=O)c(Br)cc1S(=O)(=O)Cl. The molecule has 7 heteroatoms. The summed E-state index contributed by atoms with van der Waals surface area (Å²) in [6.45, 7) is 0. The van der Waals surface area contributed by atoms with Gasteiger partial charge in [0.05, 0.1) is 5.56 Å². The van der Waals surface area contributed by atoms with Gasteiger partial charge in [-0.3, -0.25) is 4.79 Å². The summed E-state index contributed by atoms with van der Waals surface area (Å²) in [5, 5.41) is 8.69. The van der Waals surface area contributed by atoms with Crippen LogP contribution in [-0.2, 0) is 9.05 Å². The van der Waals surface area contributed by atoms with Crippen LogP contribution >= 0.6 is 26.6 Å². The average Bonchev–Trinajstić information content (AvgIpc) is 2.16. The quantitative estimate of drug-likeness (QED) is 0.619. The average molecular weight is 309 g/mol. The maximum atomic E-state index is 11.1. The monoisotopic (exact) mass is 307 g/mol. The second-order valence-corrected chi connectivity index (χ2v) is 5.93. The van der Waals surface area contributed by atoms with E-state index in [1.54, 1.807) is 6.07 Å². The van der Waals surface area contributed by atoms with Crippen molar-refractivity contribution in [2.45, 2.75) is 4.90 Å². The van der Waals surface area contributed by atoms with Gasteiger partial charge in [0, 0.05) is 20.7 Å². The van der Waals surface area contributed by atoms with Crippen LogP contribution in [0.1, 0.15) is 15.9 Å². The molecule has 0 N–H and O–H groups in total. The minimum Gasteiger partial charge on any atom is -0.298 e. The molecule has 0 saturated carbocycles. The van der Waals surface area contributed by atoms with Crippen molar-refractivity contribution in [3.05, 3.63) is 27.7 Å². The fourth-order valence-electron chi connectivity index (χ4n) is 0.951. The van der Waals surface area contributed by atoms with Gasteiger partial charge in [-0.15, -0.1) is 0 Å². The summed E-state index contributed by atoms with van der Waals surface area (Å²) in [5.74, 6) is 0. The number of nitriles is 1. The lowest BCUT2D eigenvalue weighted by Crippen LogP contribution is -1.97. The molecule has 0 radical (unpaired) electrons. The minimum atomic E-state index is -3.99. The molecule has 0 aromatic heterocycles. The van der Waals surface area contributed by atoms with E-state index in [2.05, 4.69) is 15.9 Å².